The van der Waals surface area contributed by atoms with Gasteiger partial charge in [0.05, 0.1) is 0 Å². The summed E-state index contributed by atoms with van der Waals surface area (Å²) < 4.78 is 0. The normalized spacial score (nSPS) is 11.6. The van der Waals surface area contributed by atoms with Crippen LogP contribution in [0, 0.1) is 0 Å². The highest BCUT2D eigenvalue weighted by molar-refractivity contribution is 5.14. The summed E-state index contributed by atoms with van der Waals surface area (Å²) in [6, 6.07) is 9.79. The van der Waals surface area contributed by atoms with Gasteiger partial charge in [0.2, 0.25) is 0 Å². The molecule has 0 heterocycles. The molecule has 3 heteroatoms. The Labute approximate surface area is 72.0 Å². The molecule has 0 saturated heterocycles. The van der Waals surface area contributed by atoms with E-state index in [-0.39, 0.29) is 0 Å². The highest BCUT2D eigenvalue weighted by atomic mass is 16.3. The predicted octanol–water partition coefficient (Wildman–Crippen LogP) is 0.183. The first-order valence-electron chi connectivity index (χ1n) is 3.92. The number of benzene rings is 1. The summed E-state index contributed by atoms with van der Waals surface area (Å²) in [7, 11) is 0. The summed E-state index contributed by atoms with van der Waals surface area (Å²) in [5.74, 6) is -1.55. The smallest absolute Gasteiger partial charge is 0.167 e. The minimum Gasteiger partial charge on any atom is -0.363 e. The molecular weight excluding hydrogens is 152 g/mol. The average Bonchev–Trinajstić information content (AvgIpc) is 2.02. The summed E-state index contributed by atoms with van der Waals surface area (Å²) in [5, 5.41) is 9.03. The fraction of sp³-hybridized carbons (Fsp3) is 0.333. The third kappa shape index (κ3) is 3.48. The van der Waals surface area contributed by atoms with Gasteiger partial charge in [-0.25, -0.2) is 0 Å². The first kappa shape index (κ1) is 9.19. The molecule has 0 aromatic heterocycles. The second kappa shape index (κ2) is 3.67. The van der Waals surface area contributed by atoms with E-state index in [1.807, 2.05) is 30.3 Å². The number of hydrogen-bond donors (Lipinski definition) is 3. The van der Waals surface area contributed by atoms with Gasteiger partial charge in [0.25, 0.3) is 0 Å². The van der Waals surface area contributed by atoms with Crippen LogP contribution < -0.4 is 11.5 Å². The molecule has 0 saturated carbocycles. The maximum Gasteiger partial charge on any atom is 0.167 e. The van der Waals surface area contributed by atoms with Gasteiger partial charge in [-0.1, -0.05) is 30.3 Å². The lowest BCUT2D eigenvalue weighted by atomic mass is 10.1. The molecule has 0 spiro atoms. The van der Waals surface area contributed by atoms with Crippen molar-refractivity contribution in [3.63, 3.8) is 0 Å². The quantitative estimate of drug-likeness (QED) is 0.561. The Morgan fingerprint density at radius 2 is 1.75 bits per heavy atom. The van der Waals surface area contributed by atoms with Crippen molar-refractivity contribution >= 4 is 0 Å². The summed E-state index contributed by atoms with van der Waals surface area (Å²) in [6.07, 6.45) is 1.07. The molecule has 5 N–H and O–H groups in total. The number of rotatable bonds is 3. The third-order valence-corrected chi connectivity index (χ3v) is 1.66. The van der Waals surface area contributed by atoms with Gasteiger partial charge in [-0.15, -0.1) is 0 Å². The lowest BCUT2D eigenvalue weighted by Crippen LogP contribution is -2.49. The van der Waals surface area contributed by atoms with Gasteiger partial charge in [-0.3, -0.25) is 11.5 Å². The molecule has 0 aliphatic rings. The zero-order valence-corrected chi connectivity index (χ0v) is 6.90. The van der Waals surface area contributed by atoms with Gasteiger partial charge in [0.1, 0.15) is 0 Å². The molecule has 12 heavy (non-hydrogen) atoms. The number of aliphatic hydroxyl groups is 1. The SMILES string of the molecule is NC(N)(O)CCc1ccccc1. The van der Waals surface area contributed by atoms with Crippen LogP contribution in [-0.4, -0.2) is 11.0 Å². The predicted molar refractivity (Wildman–Crippen MR) is 48.1 cm³/mol. The van der Waals surface area contributed by atoms with Crippen LogP contribution in [0.1, 0.15) is 12.0 Å². The number of hydrogen-bond acceptors (Lipinski definition) is 3. The second-order valence-electron chi connectivity index (χ2n) is 2.98. The van der Waals surface area contributed by atoms with Crippen molar-refractivity contribution in [3.05, 3.63) is 35.9 Å². The molecule has 0 fully saturated rings. The van der Waals surface area contributed by atoms with Crippen molar-refractivity contribution < 1.29 is 5.11 Å². The lowest BCUT2D eigenvalue weighted by Gasteiger charge is -2.16. The minimum absolute atomic E-state index is 0.372. The van der Waals surface area contributed by atoms with Gasteiger partial charge < -0.3 is 5.11 Å². The molecule has 3 nitrogen and oxygen atoms in total. The van der Waals surface area contributed by atoms with Crippen molar-refractivity contribution in [1.82, 2.24) is 0 Å². The van der Waals surface area contributed by atoms with Crippen molar-refractivity contribution in [2.45, 2.75) is 18.7 Å². The van der Waals surface area contributed by atoms with Gasteiger partial charge in [-0.05, 0) is 12.0 Å². The first-order chi connectivity index (χ1) is 5.58. The standard InChI is InChI=1S/C9H14N2O/c10-9(11,12)7-6-8-4-2-1-3-5-8/h1-5,12H,6-7,10-11H2. The fourth-order valence-electron chi connectivity index (χ4n) is 0.989. The molecule has 0 radical (unpaired) electrons. The van der Waals surface area contributed by atoms with E-state index in [1.54, 1.807) is 0 Å². The van der Waals surface area contributed by atoms with E-state index in [0.717, 1.165) is 5.56 Å². The molecule has 1 aromatic rings. The molecule has 1 aromatic carbocycles. The molecule has 0 unspecified atom stereocenters. The highest BCUT2D eigenvalue weighted by Crippen LogP contribution is 2.05. The van der Waals surface area contributed by atoms with Crippen LogP contribution in [0.25, 0.3) is 0 Å². The van der Waals surface area contributed by atoms with Crippen LogP contribution in [0.15, 0.2) is 30.3 Å². The van der Waals surface area contributed by atoms with E-state index in [9.17, 15) is 0 Å². The van der Waals surface area contributed by atoms with Crippen LogP contribution in [0.5, 0.6) is 0 Å². The second-order valence-corrected chi connectivity index (χ2v) is 2.98. The van der Waals surface area contributed by atoms with Crippen LogP contribution in [0.2, 0.25) is 0 Å². The van der Waals surface area contributed by atoms with E-state index in [2.05, 4.69) is 0 Å². The lowest BCUT2D eigenvalue weighted by molar-refractivity contribution is 0.0452. The molecule has 0 aliphatic carbocycles. The molecule has 0 atom stereocenters. The minimum atomic E-state index is -1.55. The number of nitrogens with two attached hydrogens (primary N) is 2. The molecule has 0 aliphatic heterocycles. The van der Waals surface area contributed by atoms with Crippen molar-refractivity contribution in [1.29, 1.82) is 0 Å². The zero-order chi connectivity index (χ0) is 9.03. The molecule has 1 rings (SSSR count). The van der Waals surface area contributed by atoms with E-state index in [4.69, 9.17) is 16.6 Å². The van der Waals surface area contributed by atoms with Crippen LogP contribution in [-0.2, 0) is 6.42 Å². The van der Waals surface area contributed by atoms with Crippen molar-refractivity contribution in [2.24, 2.45) is 11.5 Å². The maximum atomic E-state index is 9.03. The largest absolute Gasteiger partial charge is 0.363 e. The van der Waals surface area contributed by atoms with Gasteiger partial charge in [0, 0.05) is 6.42 Å². The molecule has 0 bridgehead atoms. The van der Waals surface area contributed by atoms with Gasteiger partial charge >= 0.3 is 0 Å². The van der Waals surface area contributed by atoms with Crippen LogP contribution >= 0.6 is 0 Å². The average molecular weight is 166 g/mol. The molecule has 0 amide bonds. The fourth-order valence-corrected chi connectivity index (χ4v) is 0.989. The summed E-state index contributed by atoms with van der Waals surface area (Å²) in [5.41, 5.74) is 11.6. The summed E-state index contributed by atoms with van der Waals surface area (Å²) >= 11 is 0. The third-order valence-electron chi connectivity index (χ3n) is 1.66. The monoisotopic (exact) mass is 166 g/mol. The topological polar surface area (TPSA) is 72.3 Å². The van der Waals surface area contributed by atoms with E-state index < -0.39 is 5.85 Å². The Balaban J connectivity index is 2.44. The van der Waals surface area contributed by atoms with Crippen molar-refractivity contribution in [2.75, 3.05) is 0 Å². The highest BCUT2D eigenvalue weighted by Gasteiger charge is 2.12. The zero-order valence-electron chi connectivity index (χ0n) is 6.90. The van der Waals surface area contributed by atoms with E-state index in [0.29, 0.717) is 12.8 Å². The Bertz CT molecular complexity index is 228. The molecular formula is C9H14N2O. The Morgan fingerprint density at radius 3 is 2.25 bits per heavy atom. The van der Waals surface area contributed by atoms with Gasteiger partial charge in [0.15, 0.2) is 5.85 Å². The van der Waals surface area contributed by atoms with Crippen LogP contribution in [0.4, 0.5) is 0 Å². The van der Waals surface area contributed by atoms with E-state index >= 15 is 0 Å². The Kier molecular flexibility index (Phi) is 2.81. The summed E-state index contributed by atoms with van der Waals surface area (Å²) in [6.45, 7) is 0. The van der Waals surface area contributed by atoms with Gasteiger partial charge in [-0.2, -0.15) is 0 Å². The number of aryl methyl sites for hydroxylation is 1. The summed E-state index contributed by atoms with van der Waals surface area (Å²) in [4.78, 5) is 0. The Morgan fingerprint density at radius 1 is 1.17 bits per heavy atom. The molecule has 66 valence electrons. The van der Waals surface area contributed by atoms with Crippen molar-refractivity contribution in [3.8, 4) is 0 Å². The van der Waals surface area contributed by atoms with E-state index in [1.165, 1.54) is 0 Å². The Hall–Kier alpha value is -0.900. The first-order valence-corrected chi connectivity index (χ1v) is 3.92. The van der Waals surface area contributed by atoms with Crippen LogP contribution in [0.3, 0.4) is 0 Å². The maximum absolute atomic E-state index is 9.03.